The third-order valence-electron chi connectivity index (χ3n) is 4.09. The highest BCUT2D eigenvalue weighted by atomic mass is 16.6. The Morgan fingerprint density at radius 1 is 1.07 bits per heavy atom. The number of fused-ring (bicyclic) bond motifs is 1. The van der Waals surface area contributed by atoms with Crippen molar-refractivity contribution in [1.29, 1.82) is 0 Å². The summed E-state index contributed by atoms with van der Waals surface area (Å²) in [6.07, 6.45) is 1.58. The Morgan fingerprint density at radius 2 is 1.79 bits per heavy atom. The molecule has 0 radical (unpaired) electrons. The zero-order valence-corrected chi connectivity index (χ0v) is 16.3. The predicted octanol–water partition coefficient (Wildman–Crippen LogP) is 3.66. The highest BCUT2D eigenvalue weighted by Crippen LogP contribution is 2.27. The van der Waals surface area contributed by atoms with Crippen molar-refractivity contribution >= 4 is 22.8 Å². The van der Waals surface area contributed by atoms with E-state index in [-0.39, 0.29) is 12.5 Å². The zero-order valence-electron chi connectivity index (χ0n) is 16.3. The largest absolute Gasteiger partial charge is 0.489 e. The number of carbonyl (C=O) groups is 2. The first-order chi connectivity index (χ1) is 13.2. The molecule has 0 aliphatic heterocycles. The van der Waals surface area contributed by atoms with E-state index in [1.165, 1.54) is 0 Å². The van der Waals surface area contributed by atoms with Crippen molar-refractivity contribution in [2.24, 2.45) is 5.73 Å². The van der Waals surface area contributed by atoms with Crippen LogP contribution in [0.2, 0.25) is 0 Å². The Bertz CT molecular complexity index is 1000. The fourth-order valence-corrected chi connectivity index (χ4v) is 2.95. The molecule has 0 aliphatic carbocycles. The van der Waals surface area contributed by atoms with Gasteiger partial charge in [0, 0.05) is 17.1 Å². The van der Waals surface area contributed by atoms with Gasteiger partial charge in [0.05, 0.1) is 5.56 Å². The van der Waals surface area contributed by atoms with E-state index in [4.69, 9.17) is 15.2 Å². The summed E-state index contributed by atoms with van der Waals surface area (Å²) in [7, 11) is 0. The van der Waals surface area contributed by atoms with Crippen LogP contribution in [0.4, 0.5) is 0 Å². The summed E-state index contributed by atoms with van der Waals surface area (Å²) in [6, 6.07) is 15.2. The molecule has 0 bridgehead atoms. The van der Waals surface area contributed by atoms with Gasteiger partial charge in [-0.2, -0.15) is 0 Å². The number of nitrogens with zero attached hydrogens (tertiary/aromatic N) is 1. The SMILES string of the molecule is CC(C)(C)OC(=O)Cn1cc(C(N)=O)c2cc(OCc3ccccc3)ccc21. The number of nitrogens with two attached hydrogens (primary N) is 1. The summed E-state index contributed by atoms with van der Waals surface area (Å²) in [6.45, 7) is 5.83. The van der Waals surface area contributed by atoms with Crippen LogP contribution in [0, 0.1) is 0 Å². The monoisotopic (exact) mass is 380 g/mol. The molecule has 0 fully saturated rings. The number of esters is 1. The third kappa shape index (κ3) is 4.71. The summed E-state index contributed by atoms with van der Waals surface area (Å²) < 4.78 is 12.9. The molecule has 1 aromatic heterocycles. The average molecular weight is 380 g/mol. The highest BCUT2D eigenvalue weighted by molar-refractivity contribution is 6.06. The van der Waals surface area contributed by atoms with Crippen LogP contribution in [-0.4, -0.2) is 22.0 Å². The van der Waals surface area contributed by atoms with Gasteiger partial charge >= 0.3 is 5.97 Å². The number of aromatic nitrogens is 1. The Kier molecular flexibility index (Phi) is 5.40. The van der Waals surface area contributed by atoms with Gasteiger partial charge in [0.15, 0.2) is 0 Å². The van der Waals surface area contributed by atoms with Crippen LogP contribution in [0.15, 0.2) is 54.7 Å². The molecule has 0 aliphatic rings. The second-order valence-corrected chi connectivity index (χ2v) is 7.57. The quantitative estimate of drug-likeness (QED) is 0.662. The van der Waals surface area contributed by atoms with E-state index in [1.807, 2.05) is 63.2 Å². The summed E-state index contributed by atoms with van der Waals surface area (Å²) >= 11 is 0. The van der Waals surface area contributed by atoms with Crippen molar-refractivity contribution in [2.45, 2.75) is 39.5 Å². The molecule has 0 saturated heterocycles. The number of rotatable bonds is 6. The number of ether oxygens (including phenoxy) is 2. The fourth-order valence-electron chi connectivity index (χ4n) is 2.95. The first kappa shape index (κ1) is 19.5. The van der Waals surface area contributed by atoms with Gasteiger partial charge < -0.3 is 19.8 Å². The number of benzene rings is 2. The number of carbonyl (C=O) groups excluding carboxylic acids is 2. The van der Waals surface area contributed by atoms with Crippen LogP contribution in [0.5, 0.6) is 5.75 Å². The molecule has 1 heterocycles. The van der Waals surface area contributed by atoms with Crippen LogP contribution < -0.4 is 10.5 Å². The third-order valence-corrected chi connectivity index (χ3v) is 4.09. The van der Waals surface area contributed by atoms with Crippen molar-refractivity contribution in [3.63, 3.8) is 0 Å². The van der Waals surface area contributed by atoms with Crippen LogP contribution >= 0.6 is 0 Å². The number of primary amides is 1. The van der Waals surface area contributed by atoms with Crippen LogP contribution in [0.1, 0.15) is 36.7 Å². The van der Waals surface area contributed by atoms with Crippen molar-refractivity contribution in [3.8, 4) is 5.75 Å². The molecule has 6 heteroatoms. The van der Waals surface area contributed by atoms with Crippen LogP contribution in [0.25, 0.3) is 10.9 Å². The summed E-state index contributed by atoms with van der Waals surface area (Å²) in [5.41, 5.74) is 7.05. The standard InChI is InChI=1S/C22H24N2O4/c1-22(2,3)28-20(25)13-24-12-18(21(23)26)17-11-16(9-10-19(17)24)27-14-15-7-5-4-6-8-15/h4-12H,13-14H2,1-3H3,(H2,23,26). The van der Waals surface area contributed by atoms with Gasteiger partial charge in [0.2, 0.25) is 0 Å². The Hall–Kier alpha value is -3.28. The zero-order chi connectivity index (χ0) is 20.3. The normalized spacial score (nSPS) is 11.4. The van der Waals surface area contributed by atoms with Crippen molar-refractivity contribution in [2.75, 3.05) is 0 Å². The minimum Gasteiger partial charge on any atom is -0.489 e. The minimum atomic E-state index is -0.578. The molecule has 1 amide bonds. The number of hydrogen-bond donors (Lipinski definition) is 1. The van der Waals surface area contributed by atoms with Crippen molar-refractivity contribution < 1.29 is 19.1 Å². The Labute approximate surface area is 163 Å². The lowest BCUT2D eigenvalue weighted by atomic mass is 10.1. The van der Waals surface area contributed by atoms with E-state index in [0.717, 1.165) is 5.56 Å². The summed E-state index contributed by atoms with van der Waals surface area (Å²) in [5, 5.41) is 0.640. The van der Waals surface area contributed by atoms with E-state index in [1.54, 1.807) is 16.8 Å². The van der Waals surface area contributed by atoms with E-state index in [2.05, 4.69) is 0 Å². The minimum absolute atomic E-state index is 0.00866. The lowest BCUT2D eigenvalue weighted by molar-refractivity contribution is -0.155. The first-order valence-electron chi connectivity index (χ1n) is 9.04. The Balaban J connectivity index is 1.86. The molecule has 0 unspecified atom stereocenters. The second kappa shape index (κ2) is 7.76. The molecule has 2 N–H and O–H groups in total. The molecule has 28 heavy (non-hydrogen) atoms. The Morgan fingerprint density at radius 3 is 2.43 bits per heavy atom. The maximum atomic E-state index is 12.2. The van der Waals surface area contributed by atoms with Crippen molar-refractivity contribution in [3.05, 3.63) is 65.9 Å². The highest BCUT2D eigenvalue weighted by Gasteiger charge is 2.19. The second-order valence-electron chi connectivity index (χ2n) is 7.57. The molecule has 3 rings (SSSR count). The van der Waals surface area contributed by atoms with E-state index in [0.29, 0.717) is 28.8 Å². The van der Waals surface area contributed by atoms with Crippen LogP contribution in [0.3, 0.4) is 0 Å². The van der Waals surface area contributed by atoms with E-state index >= 15 is 0 Å². The van der Waals surface area contributed by atoms with Crippen LogP contribution in [-0.2, 0) is 22.7 Å². The molecule has 0 spiro atoms. The van der Waals surface area contributed by atoms with Gasteiger partial charge in [-0.3, -0.25) is 9.59 Å². The van der Waals surface area contributed by atoms with Gasteiger partial charge in [0.25, 0.3) is 5.91 Å². The summed E-state index contributed by atoms with van der Waals surface area (Å²) in [5.74, 6) is -0.327. The van der Waals surface area contributed by atoms with Crippen molar-refractivity contribution in [1.82, 2.24) is 4.57 Å². The topological polar surface area (TPSA) is 83.5 Å². The van der Waals surface area contributed by atoms with Gasteiger partial charge in [-0.15, -0.1) is 0 Å². The molecule has 3 aromatic rings. The lowest BCUT2D eigenvalue weighted by Crippen LogP contribution is -2.26. The van der Waals surface area contributed by atoms with E-state index < -0.39 is 11.5 Å². The smallest absolute Gasteiger partial charge is 0.326 e. The lowest BCUT2D eigenvalue weighted by Gasteiger charge is -2.19. The molecular weight excluding hydrogens is 356 g/mol. The first-order valence-corrected chi connectivity index (χ1v) is 9.04. The molecule has 0 atom stereocenters. The van der Waals surface area contributed by atoms with Gasteiger partial charge in [-0.05, 0) is 44.5 Å². The van der Waals surface area contributed by atoms with E-state index in [9.17, 15) is 9.59 Å². The number of amides is 1. The number of hydrogen-bond acceptors (Lipinski definition) is 4. The molecule has 6 nitrogen and oxygen atoms in total. The van der Waals surface area contributed by atoms with Gasteiger partial charge in [-0.25, -0.2) is 0 Å². The summed E-state index contributed by atoms with van der Waals surface area (Å²) in [4.78, 5) is 24.1. The molecule has 0 saturated carbocycles. The maximum Gasteiger partial charge on any atom is 0.326 e. The van der Waals surface area contributed by atoms with Gasteiger partial charge in [-0.1, -0.05) is 30.3 Å². The maximum absolute atomic E-state index is 12.2. The average Bonchev–Trinajstić information content (AvgIpc) is 2.97. The molecule has 2 aromatic carbocycles. The predicted molar refractivity (Wildman–Crippen MR) is 107 cm³/mol. The van der Waals surface area contributed by atoms with Gasteiger partial charge in [0.1, 0.15) is 24.5 Å². The molecular formula is C22H24N2O4. The molecule has 146 valence electrons. The fraction of sp³-hybridized carbons (Fsp3) is 0.273.